The predicted octanol–water partition coefficient (Wildman–Crippen LogP) is 1.72. The van der Waals surface area contributed by atoms with Crippen molar-refractivity contribution < 1.29 is 14.0 Å². The van der Waals surface area contributed by atoms with Crippen LogP contribution in [-0.4, -0.2) is 43.6 Å². The summed E-state index contributed by atoms with van der Waals surface area (Å²) in [6, 6.07) is 0.195. The van der Waals surface area contributed by atoms with Crippen molar-refractivity contribution in [3.63, 3.8) is 0 Å². The fraction of sp³-hybridized carbons (Fsp3) is 0.846. The number of nitrogens with one attached hydrogen (secondary N) is 1. The number of rotatable bonds is 10. The van der Waals surface area contributed by atoms with Gasteiger partial charge in [-0.15, -0.1) is 0 Å². The van der Waals surface area contributed by atoms with Gasteiger partial charge in [0.25, 0.3) is 0 Å². The quantitative estimate of drug-likeness (QED) is 0.699. The molecule has 0 spiro atoms. The molecule has 6 nitrogen and oxygen atoms in total. The van der Waals surface area contributed by atoms with E-state index in [1.54, 1.807) is 14.2 Å². The molecule has 0 bridgehead atoms. The van der Waals surface area contributed by atoms with Gasteiger partial charge < -0.3 is 19.3 Å². The van der Waals surface area contributed by atoms with Crippen molar-refractivity contribution >= 4 is 0 Å². The van der Waals surface area contributed by atoms with Crippen LogP contribution in [0.2, 0.25) is 0 Å². The molecule has 0 aromatic carbocycles. The molecule has 1 aromatic heterocycles. The molecule has 1 heterocycles. The summed E-state index contributed by atoms with van der Waals surface area (Å²) in [5.41, 5.74) is 0. The second kappa shape index (κ2) is 9.01. The number of aromatic nitrogens is 2. The van der Waals surface area contributed by atoms with E-state index in [4.69, 9.17) is 14.0 Å². The molecule has 110 valence electrons. The van der Waals surface area contributed by atoms with Crippen molar-refractivity contribution in [3.05, 3.63) is 11.7 Å². The van der Waals surface area contributed by atoms with E-state index in [-0.39, 0.29) is 12.1 Å². The van der Waals surface area contributed by atoms with Crippen LogP contribution in [0, 0.1) is 0 Å². The first-order valence-electron chi connectivity index (χ1n) is 6.82. The summed E-state index contributed by atoms with van der Waals surface area (Å²) >= 11 is 0. The Labute approximate surface area is 114 Å². The highest BCUT2D eigenvalue weighted by Crippen LogP contribution is 2.17. The third-order valence-electron chi connectivity index (χ3n) is 2.90. The largest absolute Gasteiger partial charge is 0.383 e. The van der Waals surface area contributed by atoms with Gasteiger partial charge in [0.05, 0.1) is 6.61 Å². The summed E-state index contributed by atoms with van der Waals surface area (Å²) in [6.07, 6.45) is 2.48. The van der Waals surface area contributed by atoms with Crippen LogP contribution >= 0.6 is 0 Å². The molecule has 19 heavy (non-hydrogen) atoms. The monoisotopic (exact) mass is 271 g/mol. The minimum Gasteiger partial charge on any atom is -0.383 e. The Bertz CT molecular complexity index is 340. The normalized spacial score (nSPS) is 14.5. The van der Waals surface area contributed by atoms with Crippen LogP contribution in [0.5, 0.6) is 0 Å². The molecule has 1 rings (SSSR count). The van der Waals surface area contributed by atoms with Crippen LogP contribution in [0.3, 0.4) is 0 Å². The molecule has 2 unspecified atom stereocenters. The highest BCUT2D eigenvalue weighted by Gasteiger charge is 2.18. The maximum Gasteiger partial charge on any atom is 0.228 e. The summed E-state index contributed by atoms with van der Waals surface area (Å²) in [5.74, 6) is 1.24. The zero-order valence-corrected chi connectivity index (χ0v) is 12.3. The predicted molar refractivity (Wildman–Crippen MR) is 72.0 cm³/mol. The molecule has 6 heteroatoms. The Hall–Kier alpha value is -0.980. The fourth-order valence-electron chi connectivity index (χ4n) is 1.89. The van der Waals surface area contributed by atoms with Crippen LogP contribution in [0.15, 0.2) is 4.52 Å². The van der Waals surface area contributed by atoms with Crippen molar-refractivity contribution in [2.24, 2.45) is 0 Å². The molecule has 1 N–H and O–H groups in total. The van der Waals surface area contributed by atoms with Crippen molar-refractivity contribution in [1.82, 2.24) is 15.5 Å². The topological polar surface area (TPSA) is 69.4 Å². The summed E-state index contributed by atoms with van der Waals surface area (Å²) in [5, 5.41) is 7.37. The molecule has 0 amide bonds. The number of methoxy groups -OCH3 is 2. The number of hydrogen-bond acceptors (Lipinski definition) is 6. The number of hydrogen-bond donors (Lipinski definition) is 1. The van der Waals surface area contributed by atoms with E-state index in [0.717, 1.165) is 19.4 Å². The molecule has 0 saturated carbocycles. The Balaban J connectivity index is 2.58. The van der Waals surface area contributed by atoms with Gasteiger partial charge in [0, 0.05) is 26.7 Å². The maximum absolute atomic E-state index is 5.29. The molecule has 0 aliphatic rings. The van der Waals surface area contributed by atoms with Crippen LogP contribution in [0.4, 0.5) is 0 Å². The minimum absolute atomic E-state index is 0.0954. The van der Waals surface area contributed by atoms with Crippen LogP contribution in [-0.2, 0) is 15.9 Å². The van der Waals surface area contributed by atoms with Gasteiger partial charge in [0.15, 0.2) is 0 Å². The second-order valence-electron chi connectivity index (χ2n) is 4.49. The molecule has 0 saturated heterocycles. The van der Waals surface area contributed by atoms with Crippen molar-refractivity contribution in [2.45, 2.75) is 45.3 Å². The van der Waals surface area contributed by atoms with Crippen molar-refractivity contribution in [1.29, 1.82) is 0 Å². The Morgan fingerprint density at radius 1 is 1.32 bits per heavy atom. The third kappa shape index (κ3) is 5.26. The molecular weight excluding hydrogens is 246 g/mol. The molecular formula is C13H25N3O3. The molecule has 0 fully saturated rings. The molecule has 2 atom stereocenters. The minimum atomic E-state index is -0.0954. The standard InChI is InChI=1S/C13H25N3O3/c1-5-7-14-10(9-17-3)8-12-15-13(16-19-12)11(6-2)18-4/h10-11,14H,5-9H2,1-4H3. The SMILES string of the molecule is CCCNC(COC)Cc1nc(C(CC)OC)no1. The van der Waals surface area contributed by atoms with Crippen LogP contribution in [0.1, 0.15) is 44.5 Å². The van der Waals surface area contributed by atoms with Crippen molar-refractivity contribution in [2.75, 3.05) is 27.4 Å². The van der Waals surface area contributed by atoms with E-state index in [1.807, 2.05) is 6.92 Å². The highest BCUT2D eigenvalue weighted by atomic mass is 16.5. The molecule has 0 radical (unpaired) electrons. The zero-order chi connectivity index (χ0) is 14.1. The Morgan fingerprint density at radius 2 is 2.11 bits per heavy atom. The summed E-state index contributed by atoms with van der Waals surface area (Å²) in [6.45, 7) is 5.73. The second-order valence-corrected chi connectivity index (χ2v) is 4.49. The van der Waals surface area contributed by atoms with E-state index >= 15 is 0 Å². The first-order chi connectivity index (χ1) is 9.24. The lowest BCUT2D eigenvalue weighted by atomic mass is 10.2. The van der Waals surface area contributed by atoms with Gasteiger partial charge in [0.2, 0.25) is 11.7 Å². The number of ether oxygens (including phenoxy) is 2. The van der Waals surface area contributed by atoms with E-state index in [9.17, 15) is 0 Å². The zero-order valence-electron chi connectivity index (χ0n) is 12.3. The number of nitrogens with zero attached hydrogens (tertiary/aromatic N) is 2. The van der Waals surface area contributed by atoms with Gasteiger partial charge in [-0.25, -0.2) is 0 Å². The van der Waals surface area contributed by atoms with E-state index < -0.39 is 0 Å². The lowest BCUT2D eigenvalue weighted by Crippen LogP contribution is -2.35. The highest BCUT2D eigenvalue weighted by molar-refractivity contribution is 4.93. The first-order valence-corrected chi connectivity index (χ1v) is 6.82. The molecule has 1 aromatic rings. The molecule has 0 aliphatic heterocycles. The summed E-state index contributed by atoms with van der Waals surface area (Å²) < 4.78 is 15.8. The van der Waals surface area contributed by atoms with Gasteiger partial charge in [0.1, 0.15) is 6.10 Å². The summed E-state index contributed by atoms with van der Waals surface area (Å²) in [7, 11) is 3.35. The fourth-order valence-corrected chi connectivity index (χ4v) is 1.89. The lowest BCUT2D eigenvalue weighted by Gasteiger charge is -2.15. The Morgan fingerprint density at radius 3 is 2.68 bits per heavy atom. The van der Waals surface area contributed by atoms with Crippen LogP contribution < -0.4 is 5.32 Å². The van der Waals surface area contributed by atoms with Gasteiger partial charge >= 0.3 is 0 Å². The van der Waals surface area contributed by atoms with E-state index in [1.165, 1.54) is 0 Å². The van der Waals surface area contributed by atoms with E-state index in [2.05, 4.69) is 22.4 Å². The summed E-state index contributed by atoms with van der Waals surface area (Å²) in [4.78, 5) is 4.38. The maximum atomic E-state index is 5.29. The van der Waals surface area contributed by atoms with Gasteiger partial charge in [-0.3, -0.25) is 0 Å². The van der Waals surface area contributed by atoms with Gasteiger partial charge in [-0.05, 0) is 19.4 Å². The van der Waals surface area contributed by atoms with Gasteiger partial charge in [-0.2, -0.15) is 4.98 Å². The Kier molecular flexibility index (Phi) is 7.62. The van der Waals surface area contributed by atoms with Crippen LogP contribution in [0.25, 0.3) is 0 Å². The van der Waals surface area contributed by atoms with E-state index in [0.29, 0.717) is 24.7 Å². The smallest absolute Gasteiger partial charge is 0.228 e. The van der Waals surface area contributed by atoms with Gasteiger partial charge in [-0.1, -0.05) is 19.0 Å². The average molecular weight is 271 g/mol. The third-order valence-corrected chi connectivity index (χ3v) is 2.90. The molecule has 0 aliphatic carbocycles. The average Bonchev–Trinajstić information content (AvgIpc) is 2.86. The van der Waals surface area contributed by atoms with Crippen molar-refractivity contribution in [3.8, 4) is 0 Å². The lowest BCUT2D eigenvalue weighted by molar-refractivity contribution is 0.0903. The first kappa shape index (κ1) is 16.1.